The smallest absolute Gasteiger partial charge is 0.220 e. The van der Waals surface area contributed by atoms with E-state index in [2.05, 4.69) is 5.32 Å². The number of ether oxygens (including phenoxy) is 1. The van der Waals surface area contributed by atoms with Crippen LogP contribution in [0.25, 0.3) is 0 Å². The van der Waals surface area contributed by atoms with Gasteiger partial charge in [0.2, 0.25) is 5.91 Å². The Labute approximate surface area is 149 Å². The molecule has 0 bridgehead atoms. The highest BCUT2D eigenvalue weighted by Gasteiger charge is 2.13. The molecular formula is C19H25ClN2O2. The van der Waals surface area contributed by atoms with Crippen LogP contribution < -0.4 is 15.8 Å². The third kappa shape index (κ3) is 5.87. The van der Waals surface area contributed by atoms with Gasteiger partial charge < -0.3 is 15.8 Å². The molecule has 3 N–H and O–H groups in total. The third-order valence-corrected chi connectivity index (χ3v) is 3.90. The highest BCUT2D eigenvalue weighted by molar-refractivity contribution is 5.85. The number of carbonyl (C=O) groups excluding carboxylic acids is 1. The maximum absolute atomic E-state index is 12.1. The van der Waals surface area contributed by atoms with E-state index in [-0.39, 0.29) is 30.3 Å². The lowest BCUT2D eigenvalue weighted by Crippen LogP contribution is -2.32. The van der Waals surface area contributed by atoms with E-state index in [0.717, 1.165) is 16.9 Å². The summed E-state index contributed by atoms with van der Waals surface area (Å²) in [4.78, 5) is 12.1. The Hall–Kier alpha value is -2.04. The molecule has 1 amide bonds. The van der Waals surface area contributed by atoms with Crippen molar-refractivity contribution in [1.82, 2.24) is 5.32 Å². The van der Waals surface area contributed by atoms with Crippen molar-refractivity contribution < 1.29 is 9.53 Å². The fraction of sp³-hybridized carbons (Fsp3) is 0.316. The van der Waals surface area contributed by atoms with Crippen molar-refractivity contribution in [2.45, 2.75) is 25.3 Å². The Morgan fingerprint density at radius 1 is 1.12 bits per heavy atom. The summed E-state index contributed by atoms with van der Waals surface area (Å²) in [5.74, 6) is 0.936. The molecule has 0 heterocycles. The molecule has 2 aromatic rings. The highest BCUT2D eigenvalue weighted by atomic mass is 35.5. The fourth-order valence-corrected chi connectivity index (χ4v) is 2.46. The number of rotatable bonds is 7. The number of hydrogen-bond acceptors (Lipinski definition) is 3. The molecule has 4 nitrogen and oxygen atoms in total. The molecule has 0 aromatic heterocycles. The molecule has 24 heavy (non-hydrogen) atoms. The first kappa shape index (κ1) is 20.0. The summed E-state index contributed by atoms with van der Waals surface area (Å²) < 4.78 is 5.22. The molecule has 0 aliphatic rings. The number of halogens is 1. The summed E-state index contributed by atoms with van der Waals surface area (Å²) in [6, 6.07) is 17.4. The number of benzene rings is 2. The Morgan fingerprint density at radius 3 is 2.46 bits per heavy atom. The van der Waals surface area contributed by atoms with Crippen LogP contribution in [0.15, 0.2) is 54.6 Å². The van der Waals surface area contributed by atoms with Crippen molar-refractivity contribution >= 4 is 18.3 Å². The van der Waals surface area contributed by atoms with Gasteiger partial charge in [-0.2, -0.15) is 0 Å². The van der Waals surface area contributed by atoms with Crippen LogP contribution in [0.3, 0.4) is 0 Å². The van der Waals surface area contributed by atoms with Crippen LogP contribution in [-0.2, 0) is 4.79 Å². The first-order valence-corrected chi connectivity index (χ1v) is 7.81. The maximum Gasteiger partial charge on any atom is 0.220 e. The van der Waals surface area contributed by atoms with Crippen molar-refractivity contribution in [3.05, 3.63) is 65.7 Å². The van der Waals surface area contributed by atoms with E-state index in [4.69, 9.17) is 10.5 Å². The van der Waals surface area contributed by atoms with Gasteiger partial charge in [-0.3, -0.25) is 4.79 Å². The molecule has 130 valence electrons. The van der Waals surface area contributed by atoms with Crippen LogP contribution >= 0.6 is 12.4 Å². The van der Waals surface area contributed by atoms with E-state index >= 15 is 0 Å². The summed E-state index contributed by atoms with van der Waals surface area (Å²) in [7, 11) is 1.64. The minimum Gasteiger partial charge on any atom is -0.497 e. The first-order valence-electron chi connectivity index (χ1n) is 7.81. The van der Waals surface area contributed by atoms with Crippen LogP contribution in [0.5, 0.6) is 5.75 Å². The zero-order chi connectivity index (χ0) is 16.7. The molecular weight excluding hydrogens is 324 g/mol. The van der Waals surface area contributed by atoms with Gasteiger partial charge >= 0.3 is 0 Å². The van der Waals surface area contributed by atoms with Gasteiger partial charge in [-0.15, -0.1) is 12.4 Å². The van der Waals surface area contributed by atoms with Gasteiger partial charge in [0.25, 0.3) is 0 Å². The van der Waals surface area contributed by atoms with E-state index in [0.29, 0.717) is 13.0 Å². The fourth-order valence-electron chi connectivity index (χ4n) is 2.46. The third-order valence-electron chi connectivity index (χ3n) is 3.90. The first-order chi connectivity index (χ1) is 11.1. The summed E-state index contributed by atoms with van der Waals surface area (Å²) in [6.07, 6.45) is 0.425. The van der Waals surface area contributed by atoms with Gasteiger partial charge in [0.05, 0.1) is 7.11 Å². The van der Waals surface area contributed by atoms with Crippen LogP contribution in [0.4, 0.5) is 0 Å². The van der Waals surface area contributed by atoms with Crippen molar-refractivity contribution in [2.24, 2.45) is 5.73 Å². The summed E-state index contributed by atoms with van der Waals surface area (Å²) in [5.41, 5.74) is 8.20. The highest BCUT2D eigenvalue weighted by Crippen LogP contribution is 2.23. The summed E-state index contributed by atoms with van der Waals surface area (Å²) in [6.45, 7) is 2.47. The van der Waals surface area contributed by atoms with Gasteiger partial charge in [0.1, 0.15) is 5.75 Å². The van der Waals surface area contributed by atoms with Gasteiger partial charge in [0, 0.05) is 19.0 Å². The average molecular weight is 349 g/mol. The van der Waals surface area contributed by atoms with Crippen LogP contribution in [0, 0.1) is 0 Å². The molecule has 2 aromatic carbocycles. The lowest BCUT2D eigenvalue weighted by atomic mass is 9.97. The molecule has 2 rings (SSSR count). The van der Waals surface area contributed by atoms with Crippen molar-refractivity contribution in [1.29, 1.82) is 0 Å². The number of carbonyl (C=O) groups is 1. The van der Waals surface area contributed by atoms with E-state index in [9.17, 15) is 4.79 Å². The van der Waals surface area contributed by atoms with Gasteiger partial charge in [0.15, 0.2) is 0 Å². The molecule has 0 fully saturated rings. The van der Waals surface area contributed by atoms with Gasteiger partial charge in [-0.1, -0.05) is 49.4 Å². The second-order valence-corrected chi connectivity index (χ2v) is 5.70. The minimum atomic E-state index is -0.188. The average Bonchev–Trinajstić information content (AvgIpc) is 2.60. The molecule has 2 atom stereocenters. The monoisotopic (exact) mass is 348 g/mol. The number of methoxy groups -OCH3 is 1. The molecule has 0 saturated carbocycles. The Morgan fingerprint density at radius 2 is 1.79 bits per heavy atom. The zero-order valence-electron chi connectivity index (χ0n) is 14.1. The normalized spacial score (nSPS) is 12.6. The standard InChI is InChI=1S/C19H24N2O2.ClH/c1-14(16-9-6-10-17(12-16)23-2)11-19(22)21-13-18(20)15-7-4-3-5-8-15;/h3-10,12,14,18H,11,13,20H2,1-2H3,(H,21,22);1H. The van der Waals surface area contributed by atoms with Crippen LogP contribution in [0.2, 0.25) is 0 Å². The lowest BCUT2D eigenvalue weighted by Gasteiger charge is -2.16. The van der Waals surface area contributed by atoms with E-state index in [1.54, 1.807) is 7.11 Å². The van der Waals surface area contributed by atoms with Crippen LogP contribution in [-0.4, -0.2) is 19.6 Å². The van der Waals surface area contributed by atoms with Crippen molar-refractivity contribution in [3.8, 4) is 5.75 Å². The van der Waals surface area contributed by atoms with E-state index in [1.165, 1.54) is 0 Å². The molecule has 0 aliphatic carbocycles. The zero-order valence-corrected chi connectivity index (χ0v) is 14.9. The van der Waals surface area contributed by atoms with Crippen molar-refractivity contribution in [2.75, 3.05) is 13.7 Å². The van der Waals surface area contributed by atoms with E-state index < -0.39 is 0 Å². The molecule has 0 spiro atoms. The maximum atomic E-state index is 12.1. The Bertz CT molecular complexity index is 634. The number of nitrogens with one attached hydrogen (secondary N) is 1. The number of nitrogens with two attached hydrogens (primary N) is 1. The minimum absolute atomic E-state index is 0. The largest absolute Gasteiger partial charge is 0.497 e. The molecule has 0 aliphatic heterocycles. The topological polar surface area (TPSA) is 64.3 Å². The number of hydrogen-bond donors (Lipinski definition) is 2. The summed E-state index contributed by atoms with van der Waals surface area (Å²) in [5, 5.41) is 2.91. The second kappa shape index (κ2) is 9.96. The molecule has 0 saturated heterocycles. The van der Waals surface area contributed by atoms with Gasteiger partial charge in [-0.05, 0) is 29.2 Å². The molecule has 5 heteroatoms. The second-order valence-electron chi connectivity index (χ2n) is 5.70. The van der Waals surface area contributed by atoms with Gasteiger partial charge in [-0.25, -0.2) is 0 Å². The predicted molar refractivity (Wildman–Crippen MR) is 99.7 cm³/mol. The Balaban J connectivity index is 0.00000288. The number of amides is 1. The summed E-state index contributed by atoms with van der Waals surface area (Å²) >= 11 is 0. The predicted octanol–water partition coefficient (Wildman–Crippen LogP) is 3.43. The Kier molecular flexibility index (Phi) is 8.30. The SMILES string of the molecule is COc1cccc(C(C)CC(=O)NCC(N)c2ccccc2)c1.Cl. The lowest BCUT2D eigenvalue weighted by molar-refractivity contribution is -0.121. The van der Waals surface area contributed by atoms with E-state index in [1.807, 2.05) is 61.5 Å². The van der Waals surface area contributed by atoms with Crippen molar-refractivity contribution in [3.63, 3.8) is 0 Å². The molecule has 2 unspecified atom stereocenters. The quantitative estimate of drug-likeness (QED) is 0.805. The molecule has 0 radical (unpaired) electrons. The van der Waals surface area contributed by atoms with Crippen LogP contribution in [0.1, 0.15) is 36.4 Å².